The largest absolute Gasteiger partial charge is 0.394 e. The first-order chi connectivity index (χ1) is 9.95. The molecule has 0 spiro atoms. The van der Waals surface area contributed by atoms with Gasteiger partial charge in [0.15, 0.2) is 6.10 Å². The van der Waals surface area contributed by atoms with E-state index in [-0.39, 0.29) is 6.54 Å². The summed E-state index contributed by atoms with van der Waals surface area (Å²) >= 11 is 0. The molecular formula is C12H24N2O7. The van der Waals surface area contributed by atoms with Crippen LogP contribution >= 0.6 is 0 Å². The summed E-state index contributed by atoms with van der Waals surface area (Å²) in [7, 11) is 0. The molecule has 0 bridgehead atoms. The van der Waals surface area contributed by atoms with E-state index in [4.69, 9.17) is 10.2 Å². The second kappa shape index (κ2) is 11.5. The van der Waals surface area contributed by atoms with Crippen molar-refractivity contribution in [1.29, 1.82) is 0 Å². The Hall–Kier alpha value is -1.10. The Kier molecular flexibility index (Phi) is 10.9. The lowest BCUT2D eigenvalue weighted by Crippen LogP contribution is -2.51. The van der Waals surface area contributed by atoms with Crippen molar-refractivity contribution < 1.29 is 35.1 Å². The van der Waals surface area contributed by atoms with E-state index < -0.39 is 36.9 Å². The van der Waals surface area contributed by atoms with Crippen molar-refractivity contribution in [1.82, 2.24) is 10.6 Å². The number of aliphatic hydroxyl groups is 5. The molecule has 0 aliphatic heterocycles. The SMILES string of the molecule is O=CCCNCCCNC(=O)[C@H](O)[C@@H](O)[C@H](O)[C@H](O)CO. The van der Waals surface area contributed by atoms with Gasteiger partial charge in [-0.15, -0.1) is 0 Å². The fourth-order valence-electron chi connectivity index (χ4n) is 1.49. The van der Waals surface area contributed by atoms with E-state index in [0.717, 1.165) is 6.29 Å². The molecule has 0 rings (SSSR count). The molecule has 0 aromatic heterocycles. The van der Waals surface area contributed by atoms with Crippen molar-refractivity contribution in [2.45, 2.75) is 37.3 Å². The van der Waals surface area contributed by atoms with Crippen LogP contribution in [0.5, 0.6) is 0 Å². The summed E-state index contributed by atoms with van der Waals surface area (Å²) in [6.45, 7) is 0.539. The van der Waals surface area contributed by atoms with Crippen LogP contribution < -0.4 is 10.6 Å². The van der Waals surface area contributed by atoms with E-state index in [1.165, 1.54) is 0 Å². The molecule has 0 aliphatic rings. The molecular weight excluding hydrogens is 284 g/mol. The minimum atomic E-state index is -1.91. The van der Waals surface area contributed by atoms with E-state index in [2.05, 4.69) is 10.6 Å². The third-order valence-corrected chi connectivity index (χ3v) is 2.79. The molecule has 4 atom stereocenters. The molecule has 0 aromatic rings. The van der Waals surface area contributed by atoms with Crippen molar-refractivity contribution in [3.05, 3.63) is 0 Å². The monoisotopic (exact) mass is 308 g/mol. The second-order valence-corrected chi connectivity index (χ2v) is 4.53. The average molecular weight is 308 g/mol. The number of aldehydes is 1. The molecule has 0 saturated carbocycles. The summed E-state index contributed by atoms with van der Waals surface area (Å²) in [6, 6.07) is 0. The van der Waals surface area contributed by atoms with Crippen molar-refractivity contribution in [2.24, 2.45) is 0 Å². The molecule has 0 aromatic carbocycles. The van der Waals surface area contributed by atoms with Crippen LogP contribution in [0.3, 0.4) is 0 Å². The molecule has 0 aliphatic carbocycles. The van der Waals surface area contributed by atoms with Gasteiger partial charge in [-0.3, -0.25) is 4.79 Å². The number of aliphatic hydroxyl groups excluding tert-OH is 5. The molecule has 124 valence electrons. The Balaban J connectivity index is 3.91. The Morgan fingerprint density at radius 3 is 2.29 bits per heavy atom. The average Bonchev–Trinajstić information content (AvgIpc) is 2.50. The predicted octanol–water partition coefficient (Wildman–Crippen LogP) is -3.89. The van der Waals surface area contributed by atoms with Crippen LogP contribution in [-0.2, 0) is 9.59 Å². The van der Waals surface area contributed by atoms with Gasteiger partial charge in [-0.2, -0.15) is 0 Å². The highest BCUT2D eigenvalue weighted by Gasteiger charge is 2.33. The van der Waals surface area contributed by atoms with E-state index in [1.807, 2.05) is 0 Å². The van der Waals surface area contributed by atoms with Crippen LogP contribution in [-0.4, -0.2) is 88.4 Å². The lowest BCUT2D eigenvalue weighted by atomic mass is 10.0. The first-order valence-electron chi connectivity index (χ1n) is 6.70. The summed E-state index contributed by atoms with van der Waals surface area (Å²) in [6.07, 6.45) is -5.55. The summed E-state index contributed by atoms with van der Waals surface area (Å²) in [5.41, 5.74) is 0. The van der Waals surface area contributed by atoms with Gasteiger partial charge in [0.1, 0.15) is 24.6 Å². The molecule has 21 heavy (non-hydrogen) atoms. The zero-order chi connectivity index (χ0) is 16.3. The van der Waals surface area contributed by atoms with E-state index >= 15 is 0 Å². The van der Waals surface area contributed by atoms with E-state index in [0.29, 0.717) is 25.9 Å². The number of hydrogen-bond donors (Lipinski definition) is 7. The van der Waals surface area contributed by atoms with Gasteiger partial charge >= 0.3 is 0 Å². The summed E-state index contributed by atoms with van der Waals surface area (Å²) < 4.78 is 0. The molecule has 0 radical (unpaired) electrons. The lowest BCUT2D eigenvalue weighted by molar-refractivity contribution is -0.148. The van der Waals surface area contributed by atoms with Crippen LogP contribution in [0.1, 0.15) is 12.8 Å². The highest BCUT2D eigenvalue weighted by Crippen LogP contribution is 2.05. The first-order valence-corrected chi connectivity index (χ1v) is 6.70. The smallest absolute Gasteiger partial charge is 0.251 e. The molecule has 9 heteroatoms. The van der Waals surface area contributed by atoms with Crippen LogP contribution in [0.25, 0.3) is 0 Å². The lowest BCUT2D eigenvalue weighted by Gasteiger charge is -2.24. The normalized spacial score (nSPS) is 16.8. The van der Waals surface area contributed by atoms with Crippen molar-refractivity contribution in [3.8, 4) is 0 Å². The first kappa shape index (κ1) is 19.9. The van der Waals surface area contributed by atoms with Gasteiger partial charge in [-0.25, -0.2) is 0 Å². The second-order valence-electron chi connectivity index (χ2n) is 4.53. The minimum absolute atomic E-state index is 0.231. The zero-order valence-electron chi connectivity index (χ0n) is 11.7. The maximum atomic E-state index is 11.5. The molecule has 1 amide bonds. The quantitative estimate of drug-likeness (QED) is 0.142. The third-order valence-electron chi connectivity index (χ3n) is 2.79. The predicted molar refractivity (Wildman–Crippen MR) is 72.3 cm³/mol. The molecule has 0 heterocycles. The zero-order valence-corrected chi connectivity index (χ0v) is 11.7. The Morgan fingerprint density at radius 2 is 1.71 bits per heavy atom. The van der Waals surface area contributed by atoms with Crippen molar-refractivity contribution >= 4 is 12.2 Å². The van der Waals surface area contributed by atoms with Gasteiger partial charge in [-0.05, 0) is 13.0 Å². The van der Waals surface area contributed by atoms with Crippen LogP contribution in [0.4, 0.5) is 0 Å². The summed E-state index contributed by atoms with van der Waals surface area (Å²) in [5, 5.41) is 51.4. The number of carbonyl (C=O) groups excluding carboxylic acids is 2. The maximum absolute atomic E-state index is 11.5. The standard InChI is InChI=1S/C12H24N2O7/c15-6-2-4-13-3-1-5-14-12(21)11(20)10(19)9(18)8(17)7-16/h6,8-11,13,16-20H,1-5,7H2,(H,14,21)/t8-,9-,10+,11-/m1/s1. The minimum Gasteiger partial charge on any atom is -0.394 e. The van der Waals surface area contributed by atoms with Crippen LogP contribution in [0.2, 0.25) is 0 Å². The number of amides is 1. The summed E-state index contributed by atoms with van der Waals surface area (Å²) in [4.78, 5) is 21.5. The number of hydrogen-bond acceptors (Lipinski definition) is 8. The van der Waals surface area contributed by atoms with Crippen molar-refractivity contribution in [2.75, 3.05) is 26.2 Å². The summed E-state index contributed by atoms with van der Waals surface area (Å²) in [5.74, 6) is -0.889. The van der Waals surface area contributed by atoms with E-state index in [9.17, 15) is 24.9 Å². The molecule has 7 N–H and O–H groups in total. The highest BCUT2D eigenvalue weighted by atomic mass is 16.4. The van der Waals surface area contributed by atoms with Crippen LogP contribution in [0, 0.1) is 0 Å². The topological polar surface area (TPSA) is 159 Å². The number of carbonyl (C=O) groups is 2. The van der Waals surface area contributed by atoms with E-state index in [1.54, 1.807) is 0 Å². The molecule has 0 saturated heterocycles. The maximum Gasteiger partial charge on any atom is 0.251 e. The van der Waals surface area contributed by atoms with Gasteiger partial charge in [0.05, 0.1) is 6.61 Å². The van der Waals surface area contributed by atoms with Gasteiger partial charge in [0.25, 0.3) is 5.91 Å². The number of rotatable bonds is 12. The fourth-order valence-corrected chi connectivity index (χ4v) is 1.49. The molecule has 0 unspecified atom stereocenters. The Morgan fingerprint density at radius 1 is 1.05 bits per heavy atom. The number of nitrogens with one attached hydrogen (secondary N) is 2. The van der Waals surface area contributed by atoms with Crippen LogP contribution in [0.15, 0.2) is 0 Å². The van der Waals surface area contributed by atoms with Gasteiger partial charge < -0.3 is 41.0 Å². The van der Waals surface area contributed by atoms with Gasteiger partial charge in [0, 0.05) is 19.5 Å². The molecule has 0 fully saturated rings. The van der Waals surface area contributed by atoms with Gasteiger partial charge in [0.2, 0.25) is 0 Å². The fraction of sp³-hybridized carbons (Fsp3) is 0.833. The van der Waals surface area contributed by atoms with Gasteiger partial charge in [-0.1, -0.05) is 0 Å². The highest BCUT2D eigenvalue weighted by molar-refractivity contribution is 5.81. The Labute approximate surface area is 122 Å². The van der Waals surface area contributed by atoms with Crippen molar-refractivity contribution in [3.63, 3.8) is 0 Å². The third kappa shape index (κ3) is 8.05. The molecule has 9 nitrogen and oxygen atoms in total. The Bertz CT molecular complexity index is 303.